The van der Waals surface area contributed by atoms with Gasteiger partial charge in [-0.1, -0.05) is 30.3 Å². The number of benzene rings is 1. The normalized spacial score (nSPS) is 22.4. The number of carbonyl (C=O) groups excluding carboxylic acids is 4. The van der Waals surface area contributed by atoms with Gasteiger partial charge in [0.05, 0.1) is 6.04 Å². The van der Waals surface area contributed by atoms with Crippen molar-refractivity contribution in [3.05, 3.63) is 35.9 Å². The topological polar surface area (TPSA) is 129 Å². The van der Waals surface area contributed by atoms with Crippen molar-refractivity contribution < 1.29 is 28.8 Å². The average molecular weight is 474 g/mol. The highest BCUT2D eigenvalue weighted by atomic mass is 16.7. The van der Waals surface area contributed by atoms with Crippen molar-refractivity contribution in [3.63, 3.8) is 0 Å². The van der Waals surface area contributed by atoms with Gasteiger partial charge in [0.25, 0.3) is 11.8 Å². The average Bonchev–Trinajstić information content (AvgIpc) is 3.49. The standard InChI is InChI=1S/C23H31N5O6/c1-22(2,3)34-20(31)24-12-18(29)25-26-19(30)16-11-23(9-10-23)17-13-27(16)21(32)28(17)33-14-15-7-5-4-6-8-15/h4-8,16-17H,9-14H2,1-3H3,(H,24,31)(H,25,29)(H,26,30)/t16-,17+/m0/s1. The van der Waals surface area contributed by atoms with Crippen molar-refractivity contribution in [2.75, 3.05) is 13.1 Å². The van der Waals surface area contributed by atoms with E-state index < -0.39 is 29.6 Å². The maximum Gasteiger partial charge on any atom is 0.408 e. The van der Waals surface area contributed by atoms with E-state index in [1.165, 1.54) is 9.96 Å². The van der Waals surface area contributed by atoms with Crippen LogP contribution in [0, 0.1) is 5.41 Å². The molecular formula is C23H31N5O6. The smallest absolute Gasteiger partial charge is 0.408 e. The summed E-state index contributed by atoms with van der Waals surface area (Å²) in [5, 5.41) is 3.75. The van der Waals surface area contributed by atoms with Gasteiger partial charge < -0.3 is 15.0 Å². The van der Waals surface area contributed by atoms with Gasteiger partial charge >= 0.3 is 12.1 Å². The fourth-order valence-electron chi connectivity index (χ4n) is 4.45. The highest BCUT2D eigenvalue weighted by Gasteiger charge is 2.64. The summed E-state index contributed by atoms with van der Waals surface area (Å²) in [6.45, 7) is 5.44. The summed E-state index contributed by atoms with van der Waals surface area (Å²) >= 11 is 0. The van der Waals surface area contributed by atoms with Gasteiger partial charge in [0.2, 0.25) is 0 Å². The summed E-state index contributed by atoms with van der Waals surface area (Å²) in [5.74, 6) is -1.09. The van der Waals surface area contributed by atoms with Gasteiger partial charge in [0, 0.05) is 6.54 Å². The summed E-state index contributed by atoms with van der Waals surface area (Å²) in [4.78, 5) is 57.0. The van der Waals surface area contributed by atoms with E-state index in [2.05, 4.69) is 16.2 Å². The second-order valence-corrected chi connectivity index (χ2v) is 10.0. The molecule has 184 valence electrons. The Morgan fingerprint density at radius 2 is 1.82 bits per heavy atom. The molecule has 3 N–H and O–H groups in total. The second-order valence-electron chi connectivity index (χ2n) is 10.0. The number of nitrogens with one attached hydrogen (secondary N) is 3. The molecule has 0 radical (unpaired) electrons. The molecule has 1 saturated carbocycles. The monoisotopic (exact) mass is 473 g/mol. The van der Waals surface area contributed by atoms with Crippen LogP contribution >= 0.6 is 0 Å². The van der Waals surface area contributed by atoms with Crippen LogP contribution in [0.2, 0.25) is 0 Å². The Hall–Kier alpha value is -3.34. The molecule has 0 aromatic heterocycles. The first-order valence-electron chi connectivity index (χ1n) is 11.4. The van der Waals surface area contributed by atoms with Gasteiger partial charge in [0.15, 0.2) is 0 Å². The van der Waals surface area contributed by atoms with E-state index in [1.54, 1.807) is 20.8 Å². The van der Waals surface area contributed by atoms with Crippen molar-refractivity contribution in [2.45, 2.75) is 64.3 Å². The molecule has 2 saturated heterocycles. The first-order chi connectivity index (χ1) is 16.1. The number of rotatable bonds is 6. The van der Waals surface area contributed by atoms with Crippen LogP contribution in [0.4, 0.5) is 9.59 Å². The third kappa shape index (κ3) is 5.24. The zero-order valence-corrected chi connectivity index (χ0v) is 19.6. The lowest BCUT2D eigenvalue weighted by Gasteiger charge is -2.35. The van der Waals surface area contributed by atoms with Gasteiger partial charge in [-0.05, 0) is 51.0 Å². The highest BCUT2D eigenvalue weighted by Crippen LogP contribution is 2.59. The minimum absolute atomic E-state index is 0.0969. The van der Waals surface area contributed by atoms with Crippen molar-refractivity contribution in [1.29, 1.82) is 0 Å². The molecule has 3 fully saturated rings. The molecule has 1 aliphatic carbocycles. The first kappa shape index (κ1) is 23.8. The molecular weight excluding hydrogens is 442 g/mol. The van der Waals surface area contributed by atoms with E-state index in [0.717, 1.165) is 18.4 Å². The van der Waals surface area contributed by atoms with Crippen molar-refractivity contribution in [3.8, 4) is 0 Å². The number of hydrogen-bond donors (Lipinski definition) is 3. The summed E-state index contributed by atoms with van der Waals surface area (Å²) in [6.07, 6.45) is 1.60. The lowest BCUT2D eigenvalue weighted by Crippen LogP contribution is -2.57. The molecule has 2 aliphatic heterocycles. The Balaban J connectivity index is 1.30. The summed E-state index contributed by atoms with van der Waals surface area (Å²) in [6, 6.07) is 8.43. The molecule has 5 amide bonds. The van der Waals surface area contributed by atoms with Crippen LogP contribution in [0.1, 0.15) is 45.6 Å². The number of fused-ring (bicyclic) bond motifs is 3. The summed E-state index contributed by atoms with van der Waals surface area (Å²) in [5.41, 5.74) is 4.78. The fourth-order valence-corrected chi connectivity index (χ4v) is 4.45. The third-order valence-corrected chi connectivity index (χ3v) is 6.30. The number of amides is 5. The van der Waals surface area contributed by atoms with Crippen LogP contribution in [-0.2, 0) is 25.8 Å². The zero-order valence-electron chi connectivity index (χ0n) is 19.6. The molecule has 1 aromatic rings. The fraction of sp³-hybridized carbons (Fsp3) is 0.565. The zero-order chi connectivity index (χ0) is 24.5. The molecule has 34 heavy (non-hydrogen) atoms. The number of hydroxylamine groups is 2. The predicted molar refractivity (Wildman–Crippen MR) is 120 cm³/mol. The van der Waals surface area contributed by atoms with Gasteiger partial charge in [-0.3, -0.25) is 25.3 Å². The number of nitrogens with zero attached hydrogens (tertiary/aromatic N) is 2. The van der Waals surface area contributed by atoms with Gasteiger partial charge in [0.1, 0.15) is 24.8 Å². The summed E-state index contributed by atoms with van der Waals surface area (Å²) in [7, 11) is 0. The number of piperidine rings is 1. The van der Waals surface area contributed by atoms with Crippen LogP contribution in [0.15, 0.2) is 30.3 Å². The lowest BCUT2D eigenvalue weighted by molar-refractivity contribution is -0.153. The lowest BCUT2D eigenvalue weighted by atomic mass is 9.85. The molecule has 3 aliphatic rings. The number of carbonyl (C=O) groups is 4. The van der Waals surface area contributed by atoms with E-state index in [0.29, 0.717) is 13.0 Å². The second kappa shape index (κ2) is 9.13. The largest absolute Gasteiger partial charge is 0.444 e. The Labute approximate surface area is 198 Å². The molecule has 1 aromatic carbocycles. The Bertz CT molecular complexity index is 958. The Morgan fingerprint density at radius 3 is 2.47 bits per heavy atom. The van der Waals surface area contributed by atoms with E-state index in [-0.39, 0.29) is 30.6 Å². The van der Waals surface area contributed by atoms with Gasteiger partial charge in [-0.15, -0.1) is 0 Å². The minimum atomic E-state index is -0.735. The summed E-state index contributed by atoms with van der Waals surface area (Å²) < 4.78 is 5.06. The maximum absolute atomic E-state index is 13.1. The maximum atomic E-state index is 13.1. The Morgan fingerprint density at radius 1 is 1.12 bits per heavy atom. The van der Waals surface area contributed by atoms with E-state index in [9.17, 15) is 19.2 Å². The number of urea groups is 1. The quantitative estimate of drug-likeness (QED) is 0.537. The van der Waals surface area contributed by atoms with Crippen molar-refractivity contribution in [1.82, 2.24) is 26.1 Å². The van der Waals surface area contributed by atoms with Crippen LogP contribution in [0.25, 0.3) is 0 Å². The Kier molecular flexibility index (Phi) is 6.39. The molecule has 0 unspecified atom stereocenters. The minimum Gasteiger partial charge on any atom is -0.444 e. The van der Waals surface area contributed by atoms with E-state index >= 15 is 0 Å². The third-order valence-electron chi connectivity index (χ3n) is 6.30. The van der Waals surface area contributed by atoms with Crippen molar-refractivity contribution >= 4 is 23.9 Å². The van der Waals surface area contributed by atoms with Crippen LogP contribution in [0.3, 0.4) is 0 Å². The van der Waals surface area contributed by atoms with Crippen LogP contribution in [-0.4, -0.2) is 64.7 Å². The molecule has 2 bridgehead atoms. The van der Waals surface area contributed by atoms with E-state index in [1.807, 2.05) is 30.3 Å². The predicted octanol–water partition coefficient (Wildman–Crippen LogP) is 1.45. The SMILES string of the molecule is CC(C)(C)OC(=O)NCC(=O)NNC(=O)[C@@H]1CC2(CC2)[C@H]2CN1C(=O)N2OCc1ccccc1. The molecule has 4 rings (SSSR count). The first-order valence-corrected chi connectivity index (χ1v) is 11.4. The van der Waals surface area contributed by atoms with Gasteiger partial charge in [-0.25, -0.2) is 9.59 Å². The van der Waals surface area contributed by atoms with Gasteiger partial charge in [-0.2, -0.15) is 5.06 Å². The number of alkyl carbamates (subject to hydrolysis) is 1. The molecule has 11 nitrogen and oxygen atoms in total. The number of ether oxygens (including phenoxy) is 1. The number of hydrazine groups is 1. The number of hydrogen-bond acceptors (Lipinski definition) is 6. The highest BCUT2D eigenvalue weighted by molar-refractivity contribution is 5.91. The van der Waals surface area contributed by atoms with Crippen molar-refractivity contribution in [2.24, 2.45) is 5.41 Å². The molecule has 11 heteroatoms. The molecule has 2 heterocycles. The van der Waals surface area contributed by atoms with Crippen LogP contribution in [0.5, 0.6) is 0 Å². The van der Waals surface area contributed by atoms with E-state index in [4.69, 9.17) is 9.57 Å². The molecule has 1 spiro atoms. The van der Waals surface area contributed by atoms with Crippen LogP contribution < -0.4 is 16.2 Å². The molecule has 2 atom stereocenters.